The van der Waals surface area contributed by atoms with Crippen molar-refractivity contribution in [3.63, 3.8) is 0 Å². The van der Waals surface area contributed by atoms with Gasteiger partial charge < -0.3 is 9.73 Å². The van der Waals surface area contributed by atoms with Gasteiger partial charge in [-0.15, -0.1) is 0 Å². The van der Waals surface area contributed by atoms with Gasteiger partial charge in [-0.1, -0.05) is 24.3 Å². The molecule has 0 unspecified atom stereocenters. The number of benzene rings is 2. The average molecular weight is 269 g/mol. The standard InChI is InChI=1S/C17H16FNO/c1-11-7-8-16(15(18)9-11)19-10-14-12(2)20-17-6-4-3-5-13(14)17/h3-9,19H,10H2,1-2H3. The first kappa shape index (κ1) is 12.7. The second kappa shape index (κ2) is 5.00. The molecule has 102 valence electrons. The molecule has 1 N–H and O–H groups in total. The predicted octanol–water partition coefficient (Wildman–Crippen LogP) is 4.80. The van der Waals surface area contributed by atoms with Crippen LogP contribution in [0.3, 0.4) is 0 Å². The Labute approximate surface area is 117 Å². The number of nitrogens with one attached hydrogen (secondary N) is 1. The maximum Gasteiger partial charge on any atom is 0.146 e. The summed E-state index contributed by atoms with van der Waals surface area (Å²) in [6.07, 6.45) is 0. The van der Waals surface area contributed by atoms with E-state index >= 15 is 0 Å². The summed E-state index contributed by atoms with van der Waals surface area (Å²) in [4.78, 5) is 0. The van der Waals surface area contributed by atoms with E-state index in [1.165, 1.54) is 6.07 Å². The summed E-state index contributed by atoms with van der Waals surface area (Å²) in [6, 6.07) is 13.1. The number of para-hydroxylation sites is 1. The molecule has 3 aromatic rings. The Bertz CT molecular complexity index is 761. The monoisotopic (exact) mass is 269 g/mol. The fraction of sp³-hybridized carbons (Fsp3) is 0.176. The lowest BCUT2D eigenvalue weighted by Crippen LogP contribution is -2.02. The summed E-state index contributed by atoms with van der Waals surface area (Å²) in [5, 5.41) is 4.21. The van der Waals surface area contributed by atoms with Crippen molar-refractivity contribution < 1.29 is 8.81 Å². The Morgan fingerprint density at radius 2 is 1.90 bits per heavy atom. The highest BCUT2D eigenvalue weighted by Crippen LogP contribution is 2.26. The first-order valence-electron chi connectivity index (χ1n) is 6.62. The number of rotatable bonds is 3. The van der Waals surface area contributed by atoms with Crippen molar-refractivity contribution in [2.24, 2.45) is 0 Å². The van der Waals surface area contributed by atoms with E-state index in [9.17, 15) is 4.39 Å². The third-order valence-corrected chi connectivity index (χ3v) is 3.48. The Balaban J connectivity index is 1.88. The molecule has 1 aromatic heterocycles. The highest BCUT2D eigenvalue weighted by atomic mass is 19.1. The first-order valence-corrected chi connectivity index (χ1v) is 6.62. The maximum atomic E-state index is 13.8. The van der Waals surface area contributed by atoms with Crippen LogP contribution in [0.15, 0.2) is 46.9 Å². The molecule has 0 bridgehead atoms. The second-order valence-electron chi connectivity index (χ2n) is 4.97. The maximum absolute atomic E-state index is 13.8. The Morgan fingerprint density at radius 3 is 2.70 bits per heavy atom. The number of hydrogen-bond acceptors (Lipinski definition) is 2. The molecule has 0 saturated carbocycles. The summed E-state index contributed by atoms with van der Waals surface area (Å²) < 4.78 is 19.5. The zero-order chi connectivity index (χ0) is 14.1. The van der Waals surface area contributed by atoms with Crippen LogP contribution in [0, 0.1) is 19.7 Å². The van der Waals surface area contributed by atoms with E-state index in [1.807, 2.05) is 44.2 Å². The van der Waals surface area contributed by atoms with E-state index in [4.69, 9.17) is 4.42 Å². The number of furan rings is 1. The SMILES string of the molecule is Cc1ccc(NCc2c(C)oc3ccccc23)c(F)c1. The number of aryl methyl sites for hydroxylation is 2. The Hall–Kier alpha value is -2.29. The van der Waals surface area contributed by atoms with Gasteiger partial charge in [0.2, 0.25) is 0 Å². The van der Waals surface area contributed by atoms with Crippen LogP contribution in [0.2, 0.25) is 0 Å². The van der Waals surface area contributed by atoms with Crippen LogP contribution < -0.4 is 5.32 Å². The number of anilines is 1. The molecule has 0 radical (unpaired) electrons. The highest BCUT2D eigenvalue weighted by Gasteiger charge is 2.10. The third kappa shape index (κ3) is 2.27. The fourth-order valence-corrected chi connectivity index (χ4v) is 2.39. The van der Waals surface area contributed by atoms with Crippen molar-refractivity contribution >= 4 is 16.7 Å². The molecule has 0 aliphatic heterocycles. The highest BCUT2D eigenvalue weighted by molar-refractivity contribution is 5.82. The summed E-state index contributed by atoms with van der Waals surface area (Å²) in [6.45, 7) is 4.35. The molecule has 1 heterocycles. The molecule has 20 heavy (non-hydrogen) atoms. The van der Waals surface area contributed by atoms with Crippen molar-refractivity contribution in [2.75, 3.05) is 5.32 Å². The molecule has 2 nitrogen and oxygen atoms in total. The molecule has 0 aliphatic carbocycles. The van der Waals surface area contributed by atoms with Gasteiger partial charge in [-0.2, -0.15) is 0 Å². The lowest BCUT2D eigenvalue weighted by atomic mass is 10.1. The van der Waals surface area contributed by atoms with Gasteiger partial charge in [-0.25, -0.2) is 4.39 Å². The quantitative estimate of drug-likeness (QED) is 0.738. The van der Waals surface area contributed by atoms with E-state index < -0.39 is 0 Å². The Morgan fingerprint density at radius 1 is 1.10 bits per heavy atom. The van der Waals surface area contributed by atoms with Crippen LogP contribution in [0.1, 0.15) is 16.9 Å². The van der Waals surface area contributed by atoms with Gasteiger partial charge in [-0.05, 0) is 37.6 Å². The van der Waals surface area contributed by atoms with Gasteiger partial charge in [0, 0.05) is 17.5 Å². The van der Waals surface area contributed by atoms with E-state index in [-0.39, 0.29) is 5.82 Å². The van der Waals surface area contributed by atoms with Gasteiger partial charge >= 0.3 is 0 Å². The molecule has 0 spiro atoms. The topological polar surface area (TPSA) is 25.2 Å². The van der Waals surface area contributed by atoms with E-state index in [0.717, 1.165) is 27.9 Å². The van der Waals surface area contributed by atoms with Crippen molar-refractivity contribution in [3.05, 3.63) is 65.2 Å². The zero-order valence-electron chi connectivity index (χ0n) is 11.5. The van der Waals surface area contributed by atoms with Gasteiger partial charge in [0.1, 0.15) is 17.2 Å². The first-order chi connectivity index (χ1) is 9.65. The minimum absolute atomic E-state index is 0.226. The van der Waals surface area contributed by atoms with Crippen LogP contribution in [-0.2, 0) is 6.54 Å². The molecular formula is C17H16FNO. The normalized spacial score (nSPS) is 10.9. The molecular weight excluding hydrogens is 253 g/mol. The van der Waals surface area contributed by atoms with Crippen LogP contribution >= 0.6 is 0 Å². The number of fused-ring (bicyclic) bond motifs is 1. The smallest absolute Gasteiger partial charge is 0.146 e. The third-order valence-electron chi connectivity index (χ3n) is 3.48. The second-order valence-corrected chi connectivity index (χ2v) is 4.97. The van der Waals surface area contributed by atoms with Gasteiger partial charge in [0.05, 0.1) is 5.69 Å². The zero-order valence-corrected chi connectivity index (χ0v) is 11.5. The van der Waals surface area contributed by atoms with Crippen molar-refractivity contribution in [1.29, 1.82) is 0 Å². The van der Waals surface area contributed by atoms with E-state index in [2.05, 4.69) is 5.32 Å². The molecule has 0 saturated heterocycles. The minimum atomic E-state index is -0.226. The summed E-state index contributed by atoms with van der Waals surface area (Å²) in [5.74, 6) is 0.640. The van der Waals surface area contributed by atoms with Gasteiger partial charge in [-0.3, -0.25) is 0 Å². The van der Waals surface area contributed by atoms with Crippen molar-refractivity contribution in [1.82, 2.24) is 0 Å². The minimum Gasteiger partial charge on any atom is -0.461 e. The molecule has 2 aromatic carbocycles. The molecule has 0 aliphatic rings. The molecule has 3 rings (SSSR count). The largest absolute Gasteiger partial charge is 0.461 e. The fourth-order valence-electron chi connectivity index (χ4n) is 2.39. The van der Waals surface area contributed by atoms with Crippen molar-refractivity contribution in [2.45, 2.75) is 20.4 Å². The summed E-state index contributed by atoms with van der Waals surface area (Å²) in [5.41, 5.74) is 3.37. The molecule has 0 fully saturated rings. The van der Waals surface area contributed by atoms with Crippen LogP contribution in [-0.4, -0.2) is 0 Å². The molecule has 0 atom stereocenters. The lowest BCUT2D eigenvalue weighted by molar-refractivity contribution is 0.572. The molecule has 0 amide bonds. The Kier molecular flexibility index (Phi) is 3.18. The van der Waals surface area contributed by atoms with E-state index in [1.54, 1.807) is 6.07 Å². The van der Waals surface area contributed by atoms with Gasteiger partial charge in [0.25, 0.3) is 0 Å². The number of halogens is 1. The number of hydrogen-bond donors (Lipinski definition) is 1. The van der Waals surface area contributed by atoms with Crippen LogP contribution in [0.5, 0.6) is 0 Å². The predicted molar refractivity (Wildman–Crippen MR) is 79.4 cm³/mol. The molecule has 3 heteroatoms. The van der Waals surface area contributed by atoms with Crippen molar-refractivity contribution in [3.8, 4) is 0 Å². The van der Waals surface area contributed by atoms with Crippen LogP contribution in [0.4, 0.5) is 10.1 Å². The van der Waals surface area contributed by atoms with Crippen LogP contribution in [0.25, 0.3) is 11.0 Å². The summed E-state index contributed by atoms with van der Waals surface area (Å²) >= 11 is 0. The average Bonchev–Trinajstić information content (AvgIpc) is 2.74. The van der Waals surface area contributed by atoms with Gasteiger partial charge in [0.15, 0.2) is 0 Å². The lowest BCUT2D eigenvalue weighted by Gasteiger charge is -2.08. The van der Waals surface area contributed by atoms with E-state index in [0.29, 0.717) is 12.2 Å². The summed E-state index contributed by atoms with van der Waals surface area (Å²) in [7, 11) is 0.